The molecular formula is C24H28N4OS2. The number of para-hydroxylation sites is 1. The summed E-state index contributed by atoms with van der Waals surface area (Å²) in [7, 11) is 0. The van der Waals surface area contributed by atoms with E-state index < -0.39 is 0 Å². The first-order valence-electron chi connectivity index (χ1n) is 10.6. The molecule has 1 aliphatic heterocycles. The number of rotatable bonds is 6. The number of nitrogens with zero attached hydrogens (tertiary/aromatic N) is 3. The van der Waals surface area contributed by atoms with Gasteiger partial charge >= 0.3 is 0 Å². The average Bonchev–Trinajstić information content (AvgIpc) is 3.15. The maximum absolute atomic E-state index is 12.2. The van der Waals surface area contributed by atoms with E-state index in [0.29, 0.717) is 11.7 Å². The molecule has 2 heterocycles. The summed E-state index contributed by atoms with van der Waals surface area (Å²) in [6, 6.07) is 14.5. The van der Waals surface area contributed by atoms with Gasteiger partial charge < -0.3 is 4.90 Å². The van der Waals surface area contributed by atoms with E-state index in [9.17, 15) is 4.79 Å². The monoisotopic (exact) mass is 452 g/mol. The van der Waals surface area contributed by atoms with Crippen molar-refractivity contribution >= 4 is 51.1 Å². The fourth-order valence-corrected chi connectivity index (χ4v) is 6.30. The van der Waals surface area contributed by atoms with Crippen LogP contribution < -0.4 is 10.3 Å². The van der Waals surface area contributed by atoms with E-state index >= 15 is 0 Å². The molecule has 1 atom stereocenters. The maximum atomic E-state index is 12.2. The normalized spacial score (nSPS) is 17.8. The van der Waals surface area contributed by atoms with Crippen molar-refractivity contribution in [3.05, 3.63) is 53.6 Å². The number of fused-ring (bicyclic) bond motifs is 2. The van der Waals surface area contributed by atoms with E-state index in [0.717, 1.165) is 33.1 Å². The largest absolute Gasteiger partial charge is 0.366 e. The highest BCUT2D eigenvalue weighted by Gasteiger charge is 2.35. The Labute approximate surface area is 191 Å². The Kier molecular flexibility index (Phi) is 6.34. The Morgan fingerprint density at radius 2 is 2.16 bits per heavy atom. The third-order valence-electron chi connectivity index (χ3n) is 5.73. The van der Waals surface area contributed by atoms with E-state index in [1.54, 1.807) is 17.6 Å². The number of aromatic nitrogens is 1. The Bertz CT molecular complexity index is 1090. The molecule has 162 valence electrons. The lowest BCUT2D eigenvalue weighted by molar-refractivity contribution is -0.118. The Morgan fingerprint density at radius 3 is 2.94 bits per heavy atom. The van der Waals surface area contributed by atoms with Gasteiger partial charge in [-0.2, -0.15) is 5.10 Å². The first-order valence-corrected chi connectivity index (χ1v) is 12.4. The zero-order valence-electron chi connectivity index (χ0n) is 18.4. The molecule has 0 bridgehead atoms. The van der Waals surface area contributed by atoms with Crippen molar-refractivity contribution < 1.29 is 4.79 Å². The van der Waals surface area contributed by atoms with Gasteiger partial charge in [-0.25, -0.2) is 10.4 Å². The number of thiazole rings is 1. The van der Waals surface area contributed by atoms with E-state index in [-0.39, 0.29) is 11.4 Å². The van der Waals surface area contributed by atoms with Gasteiger partial charge in [-0.15, -0.1) is 11.3 Å². The maximum Gasteiger partial charge on any atom is 0.250 e. The highest BCUT2D eigenvalue weighted by molar-refractivity contribution is 8.01. The van der Waals surface area contributed by atoms with Crippen LogP contribution in [-0.2, 0) is 4.79 Å². The van der Waals surface area contributed by atoms with E-state index in [2.05, 4.69) is 66.3 Å². The first-order chi connectivity index (χ1) is 14.9. The molecule has 1 amide bonds. The van der Waals surface area contributed by atoms with Crippen molar-refractivity contribution in [2.45, 2.75) is 49.9 Å². The molecule has 2 aromatic carbocycles. The molecule has 0 aliphatic carbocycles. The van der Waals surface area contributed by atoms with Crippen LogP contribution in [0.15, 0.2) is 51.9 Å². The molecule has 3 aromatic rings. The number of hydrogen-bond donors (Lipinski definition) is 1. The summed E-state index contributed by atoms with van der Waals surface area (Å²) < 4.78 is 2.03. The van der Waals surface area contributed by atoms with Crippen molar-refractivity contribution in [1.29, 1.82) is 0 Å². The van der Waals surface area contributed by atoms with Gasteiger partial charge in [0.25, 0.3) is 5.91 Å². The summed E-state index contributed by atoms with van der Waals surface area (Å²) in [6.45, 7) is 10.1. The third-order valence-corrected chi connectivity index (χ3v) is 7.91. The predicted octanol–water partition coefficient (Wildman–Crippen LogP) is 5.65. The molecule has 5 nitrogen and oxygen atoms in total. The van der Waals surface area contributed by atoms with Gasteiger partial charge in [-0.05, 0) is 68.5 Å². The summed E-state index contributed by atoms with van der Waals surface area (Å²) in [5.41, 5.74) is 7.42. The van der Waals surface area contributed by atoms with Crippen LogP contribution in [0.3, 0.4) is 0 Å². The number of thioether (sulfide) groups is 1. The predicted molar refractivity (Wildman–Crippen MR) is 133 cm³/mol. The number of hydrogen-bond acceptors (Lipinski definition) is 6. The highest BCUT2D eigenvalue weighted by atomic mass is 32.2. The zero-order chi connectivity index (χ0) is 22.0. The minimum absolute atomic E-state index is 0.134. The third kappa shape index (κ3) is 4.77. The average molecular weight is 453 g/mol. The first kappa shape index (κ1) is 21.8. The number of hydrazone groups is 1. The van der Waals surface area contributed by atoms with Crippen LogP contribution >= 0.6 is 23.1 Å². The van der Waals surface area contributed by atoms with Crippen molar-refractivity contribution in [2.75, 3.05) is 17.2 Å². The van der Waals surface area contributed by atoms with Crippen LogP contribution in [0.25, 0.3) is 10.2 Å². The van der Waals surface area contributed by atoms with Crippen LogP contribution in [-0.4, -0.2) is 34.9 Å². The molecule has 1 aliphatic rings. The molecule has 0 fully saturated rings. The number of carbonyl (C=O) groups excluding carboxylic acids is 1. The fraction of sp³-hybridized carbons (Fsp3) is 0.375. The second-order valence-corrected chi connectivity index (χ2v) is 10.8. The second kappa shape index (κ2) is 9.01. The smallest absolute Gasteiger partial charge is 0.250 e. The van der Waals surface area contributed by atoms with E-state index in [4.69, 9.17) is 0 Å². The minimum Gasteiger partial charge on any atom is -0.366 e. The van der Waals surface area contributed by atoms with Gasteiger partial charge in [0.1, 0.15) is 0 Å². The summed E-state index contributed by atoms with van der Waals surface area (Å²) in [4.78, 5) is 19.2. The molecule has 1 N–H and O–H groups in total. The number of amides is 1. The number of carbonyl (C=O) groups is 1. The molecule has 1 unspecified atom stereocenters. The van der Waals surface area contributed by atoms with Gasteiger partial charge in [0.2, 0.25) is 0 Å². The molecule has 4 rings (SSSR count). The van der Waals surface area contributed by atoms with Gasteiger partial charge in [-0.1, -0.05) is 36.9 Å². The van der Waals surface area contributed by atoms with Crippen molar-refractivity contribution in [2.24, 2.45) is 5.10 Å². The standard InChI is InChI=1S/C24H28N4OS2/c1-5-28-20-11-10-17(12-18(20)16(2)13-24(28,3)4)14-25-27-22(29)15-30-23-26-19-8-6-7-9-21(19)31-23/h6-12,14,16H,5,13,15H2,1-4H3,(H,27,29)/b25-14+. The van der Waals surface area contributed by atoms with Gasteiger partial charge in [0.05, 0.1) is 22.2 Å². The van der Waals surface area contributed by atoms with Gasteiger partial charge in [-0.3, -0.25) is 4.79 Å². The summed E-state index contributed by atoms with van der Waals surface area (Å²) in [5, 5.41) is 4.17. The van der Waals surface area contributed by atoms with Crippen LogP contribution in [0.4, 0.5) is 5.69 Å². The Morgan fingerprint density at radius 1 is 1.35 bits per heavy atom. The summed E-state index contributed by atoms with van der Waals surface area (Å²) >= 11 is 3.04. The molecule has 0 saturated carbocycles. The van der Waals surface area contributed by atoms with Crippen LogP contribution in [0, 0.1) is 0 Å². The quantitative estimate of drug-likeness (QED) is 0.298. The lowest BCUT2D eigenvalue weighted by Crippen LogP contribution is -2.48. The Hall–Kier alpha value is -2.38. The molecule has 0 spiro atoms. The van der Waals surface area contributed by atoms with Crippen LogP contribution in [0.1, 0.15) is 51.2 Å². The molecule has 1 aromatic heterocycles. The topological polar surface area (TPSA) is 57.6 Å². The van der Waals surface area contributed by atoms with Gasteiger partial charge in [0.15, 0.2) is 4.34 Å². The van der Waals surface area contributed by atoms with E-state index in [1.807, 2.05) is 24.3 Å². The van der Waals surface area contributed by atoms with E-state index in [1.165, 1.54) is 23.0 Å². The van der Waals surface area contributed by atoms with Gasteiger partial charge in [0, 0.05) is 17.8 Å². The Balaban J connectivity index is 1.36. The lowest BCUT2D eigenvalue weighted by atomic mass is 9.79. The van der Waals surface area contributed by atoms with Crippen LogP contribution in [0.5, 0.6) is 0 Å². The van der Waals surface area contributed by atoms with Crippen molar-refractivity contribution in [1.82, 2.24) is 10.4 Å². The molecular weight excluding hydrogens is 424 g/mol. The summed E-state index contributed by atoms with van der Waals surface area (Å²) in [6.07, 6.45) is 2.84. The van der Waals surface area contributed by atoms with Crippen LogP contribution in [0.2, 0.25) is 0 Å². The highest BCUT2D eigenvalue weighted by Crippen LogP contribution is 2.43. The number of anilines is 1. The SMILES string of the molecule is CCN1c2ccc(/C=N/NC(=O)CSc3nc4ccccc4s3)cc2C(C)CC1(C)C. The zero-order valence-corrected chi connectivity index (χ0v) is 20.0. The fourth-order valence-electron chi connectivity index (χ4n) is 4.44. The molecule has 31 heavy (non-hydrogen) atoms. The molecule has 7 heteroatoms. The van der Waals surface area contributed by atoms with Crippen molar-refractivity contribution in [3.8, 4) is 0 Å². The van der Waals surface area contributed by atoms with Crippen molar-refractivity contribution in [3.63, 3.8) is 0 Å². The summed E-state index contributed by atoms with van der Waals surface area (Å²) in [5.74, 6) is 0.644. The number of benzene rings is 2. The second-order valence-electron chi connectivity index (χ2n) is 8.51. The minimum atomic E-state index is -0.134. The molecule has 0 radical (unpaired) electrons. The lowest BCUT2D eigenvalue weighted by Gasteiger charge is -2.47. The molecule has 0 saturated heterocycles. The number of nitrogens with one attached hydrogen (secondary N) is 1.